The summed E-state index contributed by atoms with van der Waals surface area (Å²) in [6.07, 6.45) is 9.88. The monoisotopic (exact) mass is 1500 g/mol. The average Bonchev–Trinajstić information content (AvgIpc) is 3.79. The Labute approximate surface area is 467 Å². The number of carbonyl (C=O) groups excluding carboxylic acids is 7. The van der Waals surface area contributed by atoms with Crippen LogP contribution in [0.2, 0.25) is 0 Å². The summed E-state index contributed by atoms with van der Waals surface area (Å²) in [5, 5.41) is 36.1. The van der Waals surface area contributed by atoms with Crippen molar-refractivity contribution < 1.29 is 106 Å². The smallest absolute Gasteiger partial charge is 0.693 e. The number of nitrogens with one attached hydrogen (secondary N) is 2. The van der Waals surface area contributed by atoms with Crippen LogP contribution in [-0.4, -0.2) is 114 Å². The van der Waals surface area contributed by atoms with Gasteiger partial charge in [-0.05, 0) is 56.2 Å². The molecule has 0 atom stereocenters. The third-order valence-corrected chi connectivity index (χ3v) is 8.32. The van der Waals surface area contributed by atoms with Gasteiger partial charge in [-0.2, -0.15) is 5.10 Å². The van der Waals surface area contributed by atoms with Crippen molar-refractivity contribution in [1.82, 2.24) is 20.7 Å². The van der Waals surface area contributed by atoms with E-state index >= 15 is 0 Å². The summed E-state index contributed by atoms with van der Waals surface area (Å²) in [5.41, 5.74) is 7.96. The number of hydrazine groups is 1. The number of halogens is 4. The van der Waals surface area contributed by atoms with Crippen LogP contribution in [0, 0.1) is 0 Å². The first-order valence-electron chi connectivity index (χ1n) is 20.5. The minimum atomic E-state index is -0.888. The maximum Gasteiger partial charge on any atom is -0.693 e. The van der Waals surface area contributed by atoms with Crippen molar-refractivity contribution in [1.29, 1.82) is 0 Å². The molecule has 0 fully saturated rings. The third-order valence-electron chi connectivity index (χ3n) is 8.32. The molecule has 6 amide bonds. The van der Waals surface area contributed by atoms with Gasteiger partial charge in [-0.15, -0.1) is 0 Å². The van der Waals surface area contributed by atoms with Crippen LogP contribution in [0.4, 0.5) is 0 Å². The molecule has 0 aliphatic carbocycles. The predicted octanol–water partition coefficient (Wildman–Crippen LogP) is 8.42. The van der Waals surface area contributed by atoms with E-state index in [1.807, 2.05) is 5.43 Å². The van der Waals surface area contributed by atoms with E-state index < -0.39 is 56.8 Å². The number of Topliss-reactive ketones (excluding diaryl/α,β-unsaturated/α-hetero) is 1. The maximum atomic E-state index is 11.9. The average molecular weight is 1510 g/mol. The summed E-state index contributed by atoms with van der Waals surface area (Å²) in [6, 6.07) is 13.6. The van der Waals surface area contributed by atoms with Crippen LogP contribution >= 0.6 is 37.7 Å². The van der Waals surface area contributed by atoms with E-state index in [-0.39, 0.29) is 78.7 Å². The minimum Gasteiger partial charge on any atom is -0.693 e. The predicted molar refractivity (Wildman–Crippen MR) is 278 cm³/mol. The van der Waals surface area contributed by atoms with Crippen LogP contribution in [0.15, 0.2) is 77.9 Å². The number of hydrogen-bond acceptors (Lipinski definition) is 13. The molecule has 0 spiro atoms. The van der Waals surface area contributed by atoms with Gasteiger partial charge in [0.05, 0.1) is 18.6 Å². The van der Waals surface area contributed by atoms with E-state index in [1.165, 1.54) is 41.0 Å². The Morgan fingerprint density at radius 2 is 0.813 bits per heavy atom. The van der Waals surface area contributed by atoms with Gasteiger partial charge in [0.2, 0.25) is 11.8 Å². The van der Waals surface area contributed by atoms with Crippen LogP contribution in [-0.2, 0) is 93.7 Å². The second kappa shape index (κ2) is 52.2. The largest absolute Gasteiger partial charge is 0.693 e. The van der Waals surface area contributed by atoms with Crippen molar-refractivity contribution in [2.24, 2.45) is 10.9 Å². The van der Waals surface area contributed by atoms with E-state index in [2.05, 4.69) is 10.5 Å². The van der Waals surface area contributed by atoms with Crippen molar-refractivity contribution in [3.05, 3.63) is 120 Å². The second-order valence-electron chi connectivity index (χ2n) is 14.0. The molecule has 2 heterocycles. The summed E-state index contributed by atoms with van der Waals surface area (Å²) in [7, 11) is 19.5. The summed E-state index contributed by atoms with van der Waals surface area (Å²) >= 11 is -0.944. The Kier molecular flexibility index (Phi) is 58.2. The standard InChI is InChI=1S/C20H23N3O5.C10H15N3O3.C10H10O3.2C2H4O2.4ClH.4H2N.2Pt/c1-14(16-8-6-15(7-9-16)13-20(27)28)21-22-17(24)5-3-2-4-12-23-18(25)10-11-19(23)26;11-12-8(14)4-2-1-3-7-13-9(15)5-6-10(13)16;1-7(11)9-4-2-8(3-5-9)6-10(12)13;2*1-2(3)4;;;;;;;;;;/h6-11H,2-5,12-13H2,1H3,(H,22,24)(H,27,28);5-6H,1-4,7,11H2,(H,12,14);2-5H,6H2,1H3,(H,12,13);2*1H3,(H,3,4);4*1H;4*1H2;;/q;;;;;;;;;4*-1;2*+4/p-4/b21-14+;;;;;;;;;;;;;;. The fourth-order valence-electron chi connectivity index (χ4n) is 5.18. The number of nitrogens with zero attached hydrogens (tertiary/aromatic N) is 3. The van der Waals surface area contributed by atoms with Gasteiger partial charge in [-0.25, -0.2) is 11.3 Å². The van der Waals surface area contributed by atoms with E-state index in [0.717, 1.165) is 32.3 Å². The quantitative estimate of drug-likeness (QED) is 0.0132. The minimum absolute atomic E-state index is 0. The number of carboxylic acid groups (broad SMARTS) is 4. The number of rotatable bonds is 19. The Morgan fingerprint density at radius 1 is 0.520 bits per heavy atom. The summed E-state index contributed by atoms with van der Waals surface area (Å²) in [5.74, 6) is -0.0211. The Balaban J connectivity index is -0.000000168. The number of carboxylic acids is 4. The maximum absolute atomic E-state index is 11.9. The molecule has 0 saturated carbocycles. The molecule has 2 aliphatic heterocycles. The van der Waals surface area contributed by atoms with Crippen LogP contribution in [0.1, 0.15) is 106 Å². The number of aliphatic carboxylic acids is 4. The number of ketones is 1. The molecule has 2 aromatic rings. The number of nitrogens with two attached hydrogens (primary N) is 5. The summed E-state index contributed by atoms with van der Waals surface area (Å²) in [4.78, 5) is 120. The first-order chi connectivity index (χ1) is 33.4. The molecule has 0 radical (unpaired) electrons. The zero-order valence-corrected chi connectivity index (χ0v) is 48.6. The van der Waals surface area contributed by atoms with Crippen LogP contribution in [0.25, 0.3) is 24.6 Å². The van der Waals surface area contributed by atoms with Gasteiger partial charge < -0.3 is 45.0 Å². The van der Waals surface area contributed by atoms with Crippen molar-refractivity contribution >= 4 is 108 Å². The molecule has 31 heteroatoms. The number of benzene rings is 2. The van der Waals surface area contributed by atoms with Crippen molar-refractivity contribution in [2.45, 2.75) is 91.9 Å². The number of imide groups is 2. The first-order valence-corrected chi connectivity index (χ1v) is 31.7. The van der Waals surface area contributed by atoms with Gasteiger partial charge in [0.25, 0.3) is 35.6 Å². The van der Waals surface area contributed by atoms with E-state index in [4.69, 9.17) is 73.5 Å². The van der Waals surface area contributed by atoms with Gasteiger partial charge in [0.1, 0.15) is 0 Å². The van der Waals surface area contributed by atoms with Crippen LogP contribution in [0.3, 0.4) is 0 Å². The number of carbonyl (C=O) groups is 11. The fourth-order valence-corrected chi connectivity index (χ4v) is 5.18. The molecular formula is C44H64Cl4N10O15Pt2. The molecule has 0 bridgehead atoms. The van der Waals surface area contributed by atoms with Gasteiger partial charge >= 0.3 is 82.6 Å². The fraction of sp³-hybridized carbons (Fsp3) is 0.364. The zero-order chi connectivity index (χ0) is 54.9. The molecule has 0 unspecified atom stereocenters. The van der Waals surface area contributed by atoms with E-state index in [0.29, 0.717) is 74.0 Å². The SMILES string of the molecule is C/C(=N\NC(=O)CCCCCN1C(=O)C=CC1=O)c1ccc(CC(=O)O)cc1.CC(=O)O.CC(=O)O.CC(=O)c1ccc(CC(=O)O)cc1.NNC(=O)CCCCCN1C(=O)C=CC1=O.[Cl][Pt+2][Cl].[Cl][Pt+2][Cl].[NH2-].[NH2-].[NH2-].[NH2-]. The zero-order valence-electron chi connectivity index (χ0n) is 41.1. The van der Waals surface area contributed by atoms with E-state index in [1.54, 1.807) is 55.5 Å². The van der Waals surface area contributed by atoms with E-state index in [9.17, 15) is 43.2 Å². The Hall–Kier alpha value is -5.30. The molecular weight excluding hydrogens is 1440 g/mol. The van der Waals surface area contributed by atoms with Crippen LogP contribution < -0.4 is 16.7 Å². The van der Waals surface area contributed by atoms with Crippen molar-refractivity contribution in [2.75, 3.05) is 13.1 Å². The number of amides is 6. The molecule has 428 valence electrons. The third kappa shape index (κ3) is 48.1. The summed E-state index contributed by atoms with van der Waals surface area (Å²) < 4.78 is 0. The molecule has 25 nitrogen and oxygen atoms in total. The number of unbranched alkanes of at least 4 members (excludes halogenated alkanes) is 4. The molecule has 16 N–H and O–H groups in total. The molecule has 4 rings (SSSR count). The first kappa shape index (κ1) is 83.7. The van der Waals surface area contributed by atoms with Crippen LogP contribution in [0.5, 0.6) is 0 Å². The number of hydrogen-bond donors (Lipinski definition) is 7. The Bertz CT molecular complexity index is 2100. The topological polar surface area (TPSA) is 472 Å². The van der Waals surface area contributed by atoms with Crippen molar-refractivity contribution in [3.63, 3.8) is 0 Å². The van der Waals surface area contributed by atoms with Gasteiger partial charge in [0.15, 0.2) is 5.78 Å². The van der Waals surface area contributed by atoms with Gasteiger partial charge in [0, 0.05) is 69.6 Å². The molecule has 2 aromatic carbocycles. The number of hydrazone groups is 1. The normalized spacial score (nSPS) is 11.2. The van der Waals surface area contributed by atoms with Gasteiger partial charge in [-0.1, -0.05) is 61.4 Å². The van der Waals surface area contributed by atoms with Crippen molar-refractivity contribution in [3.8, 4) is 0 Å². The Morgan fingerprint density at radius 3 is 1.09 bits per heavy atom. The molecule has 0 aromatic heterocycles. The second-order valence-corrected chi connectivity index (χ2v) is 20.5. The molecule has 2 aliphatic rings. The van der Waals surface area contributed by atoms with Gasteiger partial charge in [-0.3, -0.25) is 68.0 Å². The summed E-state index contributed by atoms with van der Waals surface area (Å²) in [6.45, 7) is 6.17. The molecule has 75 heavy (non-hydrogen) atoms. The molecule has 0 saturated heterocycles.